The third kappa shape index (κ3) is 6.73. The van der Waals surface area contributed by atoms with Crippen molar-refractivity contribution in [1.82, 2.24) is 39.6 Å². The molecule has 7 aromatic rings. The number of nitrogens with one attached hydrogen (secondary N) is 2. The van der Waals surface area contributed by atoms with Gasteiger partial charge in [-0.15, -0.1) is 0 Å². The van der Waals surface area contributed by atoms with Gasteiger partial charge < -0.3 is 15.2 Å². The number of carbonyl (C=O) groups excluding carboxylic acids is 1. The van der Waals surface area contributed by atoms with Crippen LogP contribution in [0.3, 0.4) is 0 Å². The number of halogens is 3. The van der Waals surface area contributed by atoms with Crippen molar-refractivity contribution in [2.24, 2.45) is 7.05 Å². The van der Waals surface area contributed by atoms with Gasteiger partial charge in [0.05, 0.1) is 23.7 Å². The molecular weight excluding hydrogens is 679 g/mol. The van der Waals surface area contributed by atoms with Gasteiger partial charge in [0.1, 0.15) is 29.0 Å². The van der Waals surface area contributed by atoms with Gasteiger partial charge in [-0.05, 0) is 36.1 Å². The van der Waals surface area contributed by atoms with E-state index >= 15 is 0 Å². The molecule has 0 aliphatic heterocycles. The van der Waals surface area contributed by atoms with Gasteiger partial charge >= 0.3 is 6.18 Å². The van der Waals surface area contributed by atoms with E-state index in [2.05, 4.69) is 56.4 Å². The third-order valence-corrected chi connectivity index (χ3v) is 9.39. The van der Waals surface area contributed by atoms with E-state index in [0.29, 0.717) is 22.4 Å². The number of rotatable bonds is 11. The zero-order valence-electron chi connectivity index (χ0n) is 29.2. The Labute approximate surface area is 303 Å². The summed E-state index contributed by atoms with van der Waals surface area (Å²) in [7, 11) is 1.82. The van der Waals surface area contributed by atoms with E-state index in [1.165, 1.54) is 13.1 Å². The Hall–Kier alpha value is -6.37. The monoisotopic (exact) mass is 715 g/mol. The number of amides is 1. The molecule has 7 rings (SSSR count). The van der Waals surface area contributed by atoms with E-state index in [0.717, 1.165) is 22.3 Å². The summed E-state index contributed by atoms with van der Waals surface area (Å²) in [5.41, 5.74) is 3.53. The highest BCUT2D eigenvalue weighted by Gasteiger charge is 2.41. The van der Waals surface area contributed by atoms with Crippen molar-refractivity contribution in [1.29, 1.82) is 0 Å². The van der Waals surface area contributed by atoms with E-state index in [1.807, 2.05) is 79.4 Å². The number of carbonyl (C=O) groups is 1. The fraction of sp³-hybridized carbons (Fsp3) is 0.200. The number of hydrogen-bond donors (Lipinski definition) is 2. The maximum atomic E-state index is 13.0. The van der Waals surface area contributed by atoms with Crippen LogP contribution in [0, 0.1) is 0 Å². The molecular formula is C40H36F3N9O. The average molecular weight is 716 g/mol. The van der Waals surface area contributed by atoms with Gasteiger partial charge in [-0.2, -0.15) is 18.3 Å². The first kappa shape index (κ1) is 35.1. The lowest BCUT2D eigenvalue weighted by Crippen LogP contribution is -2.52. The van der Waals surface area contributed by atoms with Gasteiger partial charge in [0, 0.05) is 31.2 Å². The molecule has 2 N–H and O–H groups in total. The summed E-state index contributed by atoms with van der Waals surface area (Å²) in [4.78, 5) is 32.7. The highest BCUT2D eigenvalue weighted by molar-refractivity contribution is 5.92. The minimum absolute atomic E-state index is 0.184. The van der Waals surface area contributed by atoms with Crippen molar-refractivity contribution in [2.45, 2.75) is 37.5 Å². The Morgan fingerprint density at radius 1 is 0.792 bits per heavy atom. The molecule has 0 aliphatic rings. The fourth-order valence-corrected chi connectivity index (χ4v) is 6.58. The maximum Gasteiger partial charge on any atom is 0.405 e. The number of alkyl halides is 3. The van der Waals surface area contributed by atoms with E-state index in [1.54, 1.807) is 30.1 Å². The number of aryl methyl sites for hydroxylation is 1. The molecule has 0 fully saturated rings. The number of nitrogens with zero attached hydrogens (tertiary/aromatic N) is 7. The van der Waals surface area contributed by atoms with E-state index < -0.39 is 29.7 Å². The summed E-state index contributed by atoms with van der Waals surface area (Å²) in [6.45, 7) is 1.80. The maximum absolute atomic E-state index is 13.0. The second-order valence-electron chi connectivity index (χ2n) is 12.9. The van der Waals surface area contributed by atoms with Gasteiger partial charge in [-0.1, -0.05) is 97.9 Å². The summed E-state index contributed by atoms with van der Waals surface area (Å²) in [6, 6.07) is 32.0. The summed E-state index contributed by atoms with van der Waals surface area (Å²) in [5, 5.41) is 9.39. The van der Waals surface area contributed by atoms with E-state index in [-0.39, 0.29) is 18.1 Å². The number of aromatic nitrogens is 7. The van der Waals surface area contributed by atoms with Gasteiger partial charge in [-0.25, -0.2) is 19.9 Å². The van der Waals surface area contributed by atoms with Gasteiger partial charge in [-0.3, -0.25) is 9.48 Å². The van der Waals surface area contributed by atoms with Gasteiger partial charge in [0.25, 0.3) is 0 Å². The lowest BCUT2D eigenvalue weighted by molar-refractivity contribution is -0.140. The van der Waals surface area contributed by atoms with Crippen molar-refractivity contribution < 1.29 is 18.0 Å². The molecule has 0 aliphatic carbocycles. The van der Waals surface area contributed by atoms with E-state index in [4.69, 9.17) is 15.0 Å². The Morgan fingerprint density at radius 3 is 1.92 bits per heavy atom. The molecule has 1 atom stereocenters. The number of hydrogen-bond acceptors (Lipinski definition) is 7. The van der Waals surface area contributed by atoms with Crippen LogP contribution in [0.5, 0.6) is 0 Å². The van der Waals surface area contributed by atoms with Gasteiger partial charge in [0.15, 0.2) is 11.5 Å². The molecule has 0 saturated carbocycles. The first-order chi connectivity index (χ1) is 25.5. The molecule has 13 heteroatoms. The van der Waals surface area contributed by atoms with Crippen LogP contribution in [-0.4, -0.2) is 58.5 Å². The smallest absolute Gasteiger partial charge is 0.356 e. The molecule has 1 amide bonds. The topological polar surface area (TPSA) is 115 Å². The second-order valence-corrected chi connectivity index (χ2v) is 12.9. The molecule has 0 spiro atoms. The van der Waals surface area contributed by atoms with Crippen LogP contribution in [-0.2, 0) is 17.4 Å². The normalized spacial score (nSPS) is 13.1. The van der Waals surface area contributed by atoms with Gasteiger partial charge in [0.2, 0.25) is 5.91 Å². The predicted molar refractivity (Wildman–Crippen MR) is 197 cm³/mol. The minimum Gasteiger partial charge on any atom is -0.356 e. The SMILES string of the molecule is CC[C@@](C)(Nc1ccnc(-c2cn(C(c3ccccc3)(c3ccccc3)c3ccccc3)c3ncc(-c4cnn(C)c4)nc23)n1)C(=O)NCC(F)(F)F. The lowest BCUT2D eigenvalue weighted by Gasteiger charge is -2.38. The summed E-state index contributed by atoms with van der Waals surface area (Å²) in [6.07, 6.45) is 4.40. The summed E-state index contributed by atoms with van der Waals surface area (Å²) in [5.74, 6) is -0.285. The summed E-state index contributed by atoms with van der Waals surface area (Å²) >= 11 is 0. The Kier molecular flexibility index (Phi) is 9.25. The molecule has 0 unspecified atom stereocenters. The Balaban J connectivity index is 1.46. The van der Waals surface area contributed by atoms with Crippen LogP contribution in [0.25, 0.3) is 33.8 Å². The van der Waals surface area contributed by atoms with Crippen LogP contribution < -0.4 is 10.6 Å². The molecule has 4 aromatic heterocycles. The Morgan fingerprint density at radius 2 is 1.40 bits per heavy atom. The number of benzene rings is 3. The average Bonchev–Trinajstić information content (AvgIpc) is 3.79. The predicted octanol–water partition coefficient (Wildman–Crippen LogP) is 7.39. The Bertz CT molecular complexity index is 2260. The van der Waals surface area contributed by atoms with E-state index in [9.17, 15) is 18.0 Å². The fourth-order valence-electron chi connectivity index (χ4n) is 6.58. The van der Waals surface area contributed by atoms with Crippen molar-refractivity contribution in [2.75, 3.05) is 11.9 Å². The largest absolute Gasteiger partial charge is 0.405 e. The van der Waals surface area contributed by atoms with Crippen LogP contribution in [0.2, 0.25) is 0 Å². The molecule has 0 saturated heterocycles. The van der Waals surface area contributed by atoms with Crippen molar-refractivity contribution in [3.8, 4) is 22.6 Å². The zero-order chi connectivity index (χ0) is 37.2. The third-order valence-electron chi connectivity index (χ3n) is 9.39. The lowest BCUT2D eigenvalue weighted by atomic mass is 9.76. The standard InChI is InChI=1S/C40H36F3N9O/c1-4-38(2,37(53)46-26-39(41,42)43)50-33-20-21-44-35(49-33)31-25-52(36-34(31)48-32(23-45-36)27-22-47-51(3)24-27)40(28-14-8-5-9-15-28,29-16-10-6-11-17-29)30-18-12-7-13-19-30/h5-25H,4,26H2,1-3H3,(H,46,53)(H,44,49,50)/t38-/m1/s1. The highest BCUT2D eigenvalue weighted by Crippen LogP contribution is 2.44. The van der Waals surface area contributed by atoms with Crippen molar-refractivity contribution in [3.63, 3.8) is 0 Å². The molecule has 53 heavy (non-hydrogen) atoms. The number of fused-ring (bicyclic) bond motifs is 1. The van der Waals surface area contributed by atoms with Crippen molar-refractivity contribution in [3.05, 3.63) is 145 Å². The molecule has 268 valence electrons. The first-order valence-corrected chi connectivity index (χ1v) is 17.0. The van der Waals surface area contributed by atoms with Crippen LogP contribution in [0.1, 0.15) is 37.0 Å². The number of anilines is 1. The van der Waals surface area contributed by atoms with Crippen molar-refractivity contribution >= 4 is 22.9 Å². The quantitative estimate of drug-likeness (QED) is 0.134. The molecule has 4 heterocycles. The second kappa shape index (κ2) is 14.0. The minimum atomic E-state index is -4.55. The molecule has 3 aromatic carbocycles. The van der Waals surface area contributed by atoms with Crippen LogP contribution >= 0.6 is 0 Å². The first-order valence-electron chi connectivity index (χ1n) is 17.0. The highest BCUT2D eigenvalue weighted by atomic mass is 19.4. The zero-order valence-corrected chi connectivity index (χ0v) is 29.2. The molecule has 10 nitrogen and oxygen atoms in total. The molecule has 0 radical (unpaired) electrons. The van der Waals surface area contributed by atoms with Crippen LogP contribution in [0.15, 0.2) is 128 Å². The summed E-state index contributed by atoms with van der Waals surface area (Å²) < 4.78 is 42.7. The van der Waals surface area contributed by atoms with Crippen LogP contribution in [0.4, 0.5) is 19.0 Å². The molecule has 0 bridgehead atoms.